The molecule has 2 saturated heterocycles. The van der Waals surface area contributed by atoms with Gasteiger partial charge in [0.05, 0.1) is 18.2 Å². The quantitative estimate of drug-likeness (QED) is 0.851. The maximum Gasteiger partial charge on any atom is 0.317 e. The van der Waals surface area contributed by atoms with E-state index in [0.717, 1.165) is 18.4 Å². The van der Waals surface area contributed by atoms with Crippen LogP contribution in [0.2, 0.25) is 0 Å². The van der Waals surface area contributed by atoms with Crippen molar-refractivity contribution in [1.29, 1.82) is 0 Å². The molecule has 2 aliphatic heterocycles. The number of nitrogens with zero attached hydrogens (tertiary/aromatic N) is 2. The van der Waals surface area contributed by atoms with E-state index in [1.165, 1.54) is 12.8 Å². The first-order valence-corrected chi connectivity index (χ1v) is 10.1. The van der Waals surface area contributed by atoms with Gasteiger partial charge in [0.1, 0.15) is 0 Å². The molecule has 6 nitrogen and oxygen atoms in total. The van der Waals surface area contributed by atoms with Crippen molar-refractivity contribution < 1.29 is 14.7 Å². The number of likely N-dealkylation sites (tertiary alicyclic amines) is 2. The number of nitrogens with one attached hydrogen (secondary N) is 1. The van der Waals surface area contributed by atoms with E-state index in [4.69, 9.17) is 0 Å². The minimum absolute atomic E-state index is 0.0179. The standard InChI is InChI=1S/C21H29N3O3/c1-2-18(26)24-17(12-25)19(15-8-4-3-5-9-15)21(24)13-23(14-21)20(27)22-16-10-6-7-11-16/h3-5,8-9,16-17,19,25H,2,6-7,10-14H2,1H3,(H,22,27)/t17-,19-/m0/s1. The first-order chi connectivity index (χ1) is 13.1. The minimum Gasteiger partial charge on any atom is -0.394 e. The summed E-state index contributed by atoms with van der Waals surface area (Å²) in [6, 6.07) is 10.1. The molecule has 3 aliphatic rings. The Morgan fingerprint density at radius 3 is 2.44 bits per heavy atom. The normalized spacial score (nSPS) is 26.6. The molecule has 4 rings (SSSR count). The van der Waals surface area contributed by atoms with E-state index in [2.05, 4.69) is 17.4 Å². The van der Waals surface area contributed by atoms with Crippen molar-refractivity contribution >= 4 is 11.9 Å². The van der Waals surface area contributed by atoms with Crippen LogP contribution in [0, 0.1) is 0 Å². The predicted octanol–water partition coefficient (Wildman–Crippen LogP) is 2.09. The molecular formula is C21H29N3O3. The van der Waals surface area contributed by atoms with Crippen molar-refractivity contribution in [3.05, 3.63) is 35.9 Å². The molecule has 3 amide bonds. The molecule has 1 aromatic rings. The minimum atomic E-state index is -0.380. The lowest BCUT2D eigenvalue weighted by atomic mass is 9.60. The van der Waals surface area contributed by atoms with E-state index in [0.29, 0.717) is 25.6 Å². The lowest BCUT2D eigenvalue weighted by Crippen LogP contribution is -2.86. The monoisotopic (exact) mass is 371 g/mol. The number of benzene rings is 1. The highest BCUT2D eigenvalue weighted by molar-refractivity contribution is 5.82. The molecule has 146 valence electrons. The molecular weight excluding hydrogens is 342 g/mol. The van der Waals surface area contributed by atoms with Gasteiger partial charge in [0.2, 0.25) is 5.91 Å². The number of rotatable bonds is 4. The van der Waals surface area contributed by atoms with Crippen molar-refractivity contribution in [2.24, 2.45) is 0 Å². The molecule has 2 N–H and O–H groups in total. The van der Waals surface area contributed by atoms with Crippen LogP contribution in [0.25, 0.3) is 0 Å². The number of hydrogen-bond donors (Lipinski definition) is 2. The summed E-state index contributed by atoms with van der Waals surface area (Å²) in [5, 5.41) is 13.1. The third kappa shape index (κ3) is 2.90. The van der Waals surface area contributed by atoms with Crippen molar-refractivity contribution in [2.45, 2.75) is 62.6 Å². The van der Waals surface area contributed by atoms with Crippen LogP contribution >= 0.6 is 0 Å². The highest BCUT2D eigenvalue weighted by atomic mass is 16.3. The second kappa shape index (κ2) is 7.15. The zero-order chi connectivity index (χ0) is 19.0. The molecule has 1 spiro atoms. The Hall–Kier alpha value is -2.08. The van der Waals surface area contributed by atoms with E-state index in [1.54, 1.807) is 0 Å². The second-order valence-electron chi connectivity index (χ2n) is 8.15. The van der Waals surface area contributed by atoms with E-state index in [1.807, 2.05) is 34.9 Å². The number of aliphatic hydroxyl groups is 1. The zero-order valence-electron chi connectivity index (χ0n) is 15.9. The van der Waals surface area contributed by atoms with Gasteiger partial charge in [-0.3, -0.25) is 4.79 Å². The number of carbonyl (C=O) groups excluding carboxylic acids is 2. The van der Waals surface area contributed by atoms with Gasteiger partial charge < -0.3 is 20.2 Å². The van der Waals surface area contributed by atoms with E-state index >= 15 is 0 Å². The summed E-state index contributed by atoms with van der Waals surface area (Å²) >= 11 is 0. The summed E-state index contributed by atoms with van der Waals surface area (Å²) in [6.45, 7) is 2.87. The van der Waals surface area contributed by atoms with Gasteiger partial charge in [-0.2, -0.15) is 0 Å². The van der Waals surface area contributed by atoms with Crippen LogP contribution in [0.3, 0.4) is 0 Å². The average Bonchev–Trinajstić information content (AvgIpc) is 3.13. The first-order valence-electron chi connectivity index (χ1n) is 10.1. The second-order valence-corrected chi connectivity index (χ2v) is 8.15. The Morgan fingerprint density at radius 2 is 1.85 bits per heavy atom. The molecule has 0 bridgehead atoms. The molecule has 1 saturated carbocycles. The number of urea groups is 1. The van der Waals surface area contributed by atoms with Crippen LogP contribution in [0.15, 0.2) is 30.3 Å². The molecule has 0 radical (unpaired) electrons. The van der Waals surface area contributed by atoms with Crippen LogP contribution < -0.4 is 5.32 Å². The Morgan fingerprint density at radius 1 is 1.19 bits per heavy atom. The first kappa shape index (κ1) is 18.3. The Labute approximate surface area is 160 Å². The van der Waals surface area contributed by atoms with E-state index in [9.17, 15) is 14.7 Å². The Bertz CT molecular complexity index is 696. The number of hydrogen-bond acceptors (Lipinski definition) is 3. The number of carbonyl (C=O) groups is 2. The van der Waals surface area contributed by atoms with Gasteiger partial charge in [-0.05, 0) is 18.4 Å². The highest BCUT2D eigenvalue weighted by Gasteiger charge is 2.67. The Kier molecular flexibility index (Phi) is 4.84. The molecule has 1 aliphatic carbocycles. The van der Waals surface area contributed by atoms with Gasteiger partial charge in [0, 0.05) is 31.5 Å². The fraction of sp³-hybridized carbons (Fsp3) is 0.619. The zero-order valence-corrected chi connectivity index (χ0v) is 15.9. The summed E-state index contributed by atoms with van der Waals surface area (Å²) < 4.78 is 0. The largest absolute Gasteiger partial charge is 0.394 e. The van der Waals surface area contributed by atoms with Crippen LogP contribution in [0.4, 0.5) is 4.79 Å². The summed E-state index contributed by atoms with van der Waals surface area (Å²) in [7, 11) is 0. The summed E-state index contributed by atoms with van der Waals surface area (Å²) in [5.74, 6) is 0.117. The molecule has 3 fully saturated rings. The number of aliphatic hydroxyl groups excluding tert-OH is 1. The molecule has 1 aromatic carbocycles. The molecule has 0 aromatic heterocycles. The van der Waals surface area contributed by atoms with E-state index < -0.39 is 0 Å². The Balaban J connectivity index is 1.52. The van der Waals surface area contributed by atoms with Crippen molar-refractivity contribution in [2.75, 3.05) is 19.7 Å². The van der Waals surface area contributed by atoms with Crippen LogP contribution in [0.1, 0.15) is 50.5 Å². The third-order valence-corrected chi connectivity index (χ3v) is 6.59. The number of amides is 3. The van der Waals surface area contributed by atoms with Crippen LogP contribution in [-0.2, 0) is 4.79 Å². The van der Waals surface area contributed by atoms with Crippen molar-refractivity contribution in [1.82, 2.24) is 15.1 Å². The van der Waals surface area contributed by atoms with Gasteiger partial charge in [-0.15, -0.1) is 0 Å². The molecule has 27 heavy (non-hydrogen) atoms. The SMILES string of the molecule is CCC(=O)N1[C@@H](CO)[C@H](c2ccccc2)C12CN(C(=O)NC1CCCC1)C2. The fourth-order valence-electron chi connectivity index (χ4n) is 5.33. The van der Waals surface area contributed by atoms with Crippen LogP contribution in [0.5, 0.6) is 0 Å². The van der Waals surface area contributed by atoms with E-state index in [-0.39, 0.29) is 36.0 Å². The van der Waals surface area contributed by atoms with Gasteiger partial charge in [-0.1, -0.05) is 50.1 Å². The molecule has 0 unspecified atom stereocenters. The van der Waals surface area contributed by atoms with Gasteiger partial charge in [0.15, 0.2) is 0 Å². The maximum absolute atomic E-state index is 12.6. The molecule has 2 atom stereocenters. The van der Waals surface area contributed by atoms with Crippen molar-refractivity contribution in [3.63, 3.8) is 0 Å². The maximum atomic E-state index is 12.6. The lowest BCUT2D eigenvalue weighted by Gasteiger charge is -2.70. The summed E-state index contributed by atoms with van der Waals surface area (Å²) in [6.07, 6.45) is 4.90. The average molecular weight is 371 g/mol. The summed E-state index contributed by atoms with van der Waals surface area (Å²) in [5.41, 5.74) is 0.752. The lowest BCUT2D eigenvalue weighted by molar-refractivity contribution is -0.192. The third-order valence-electron chi connectivity index (χ3n) is 6.59. The topological polar surface area (TPSA) is 72.9 Å². The van der Waals surface area contributed by atoms with Crippen molar-refractivity contribution in [3.8, 4) is 0 Å². The predicted molar refractivity (Wildman–Crippen MR) is 102 cm³/mol. The van der Waals surface area contributed by atoms with Gasteiger partial charge in [-0.25, -0.2) is 4.79 Å². The fourth-order valence-corrected chi connectivity index (χ4v) is 5.33. The smallest absolute Gasteiger partial charge is 0.317 e. The van der Waals surface area contributed by atoms with Gasteiger partial charge >= 0.3 is 6.03 Å². The van der Waals surface area contributed by atoms with Gasteiger partial charge in [0.25, 0.3) is 0 Å². The van der Waals surface area contributed by atoms with Crippen LogP contribution in [-0.4, -0.2) is 64.2 Å². The summed E-state index contributed by atoms with van der Waals surface area (Å²) in [4.78, 5) is 28.9. The molecule has 6 heteroatoms. The molecule has 2 heterocycles. The highest BCUT2D eigenvalue weighted by Crippen LogP contribution is 2.54.